The van der Waals surface area contributed by atoms with Crippen LogP contribution in [-0.2, 0) is 4.74 Å². The van der Waals surface area contributed by atoms with Crippen LogP contribution in [0.1, 0.15) is 18.6 Å². The molecule has 1 fully saturated rings. The van der Waals surface area contributed by atoms with Crippen molar-refractivity contribution in [2.24, 2.45) is 5.92 Å². The Morgan fingerprint density at radius 2 is 2.11 bits per heavy atom. The van der Waals surface area contributed by atoms with Gasteiger partial charge in [0.25, 0.3) is 0 Å². The molecule has 0 radical (unpaired) electrons. The third-order valence-electron chi connectivity index (χ3n) is 3.76. The molecule has 1 aliphatic heterocycles. The van der Waals surface area contributed by atoms with Gasteiger partial charge in [-0.05, 0) is 11.5 Å². The summed E-state index contributed by atoms with van der Waals surface area (Å²) in [7, 11) is 0. The van der Waals surface area contributed by atoms with Crippen LogP contribution in [0.5, 0.6) is 0 Å². The van der Waals surface area contributed by atoms with Crippen LogP contribution in [0.15, 0.2) is 30.3 Å². The maximum atomic E-state index is 10.4. The van der Waals surface area contributed by atoms with E-state index >= 15 is 0 Å². The van der Waals surface area contributed by atoms with Crippen molar-refractivity contribution in [1.82, 2.24) is 4.90 Å². The number of benzene rings is 1. The predicted octanol–water partition coefficient (Wildman–Crippen LogP) is 1.05. The SMILES string of the molecule is CC(CN1CCOCC1CO)C(O)c1ccccc1. The highest BCUT2D eigenvalue weighted by Crippen LogP contribution is 2.23. The van der Waals surface area contributed by atoms with Gasteiger partial charge in [0.05, 0.1) is 32.0 Å². The molecule has 0 aliphatic carbocycles. The van der Waals surface area contributed by atoms with Crippen molar-refractivity contribution in [2.75, 3.05) is 32.9 Å². The first kappa shape index (κ1) is 14.5. The summed E-state index contributed by atoms with van der Waals surface area (Å²) in [6.45, 7) is 5.01. The summed E-state index contributed by atoms with van der Waals surface area (Å²) >= 11 is 0. The van der Waals surface area contributed by atoms with E-state index in [0.717, 1.165) is 18.7 Å². The summed E-state index contributed by atoms with van der Waals surface area (Å²) in [5.41, 5.74) is 0.948. The highest BCUT2D eigenvalue weighted by atomic mass is 16.5. The number of hydrogen-bond acceptors (Lipinski definition) is 4. The molecule has 4 nitrogen and oxygen atoms in total. The van der Waals surface area contributed by atoms with Crippen molar-refractivity contribution in [3.63, 3.8) is 0 Å². The molecule has 0 bridgehead atoms. The Hall–Kier alpha value is -0.940. The van der Waals surface area contributed by atoms with Crippen molar-refractivity contribution >= 4 is 0 Å². The van der Waals surface area contributed by atoms with Crippen molar-refractivity contribution in [1.29, 1.82) is 0 Å². The van der Waals surface area contributed by atoms with Crippen LogP contribution in [-0.4, -0.2) is 54.1 Å². The van der Waals surface area contributed by atoms with Crippen LogP contribution in [0, 0.1) is 5.92 Å². The molecule has 3 atom stereocenters. The molecule has 4 heteroatoms. The second-order valence-corrected chi connectivity index (χ2v) is 5.24. The topological polar surface area (TPSA) is 52.9 Å². The first-order valence-corrected chi connectivity index (χ1v) is 6.88. The second-order valence-electron chi connectivity index (χ2n) is 5.24. The summed E-state index contributed by atoms with van der Waals surface area (Å²) < 4.78 is 5.37. The minimum atomic E-state index is -0.469. The molecule has 0 amide bonds. The molecule has 0 spiro atoms. The number of aliphatic hydroxyl groups excluding tert-OH is 2. The van der Waals surface area contributed by atoms with Gasteiger partial charge < -0.3 is 14.9 Å². The Morgan fingerprint density at radius 1 is 1.37 bits per heavy atom. The van der Waals surface area contributed by atoms with Crippen molar-refractivity contribution in [2.45, 2.75) is 19.1 Å². The minimum absolute atomic E-state index is 0.0548. The van der Waals surface area contributed by atoms with Gasteiger partial charge in [0.1, 0.15) is 0 Å². The molecular weight excluding hydrogens is 242 g/mol. The summed E-state index contributed by atoms with van der Waals surface area (Å²) in [5, 5.41) is 19.7. The van der Waals surface area contributed by atoms with Crippen LogP contribution in [0.25, 0.3) is 0 Å². The molecule has 2 rings (SSSR count). The number of ether oxygens (including phenoxy) is 1. The average molecular weight is 265 g/mol. The fourth-order valence-electron chi connectivity index (χ4n) is 2.55. The van der Waals surface area contributed by atoms with Gasteiger partial charge in [-0.15, -0.1) is 0 Å². The fraction of sp³-hybridized carbons (Fsp3) is 0.600. The lowest BCUT2D eigenvalue weighted by atomic mass is 9.96. The Morgan fingerprint density at radius 3 is 2.79 bits per heavy atom. The van der Waals surface area contributed by atoms with Crippen molar-refractivity contribution in [3.8, 4) is 0 Å². The average Bonchev–Trinajstić information content (AvgIpc) is 2.48. The fourth-order valence-corrected chi connectivity index (χ4v) is 2.55. The third-order valence-corrected chi connectivity index (χ3v) is 3.76. The number of aliphatic hydroxyl groups is 2. The lowest BCUT2D eigenvalue weighted by Crippen LogP contribution is -2.49. The summed E-state index contributed by atoms with van der Waals surface area (Å²) in [5.74, 6) is 0.120. The van der Waals surface area contributed by atoms with Gasteiger partial charge in [-0.3, -0.25) is 4.90 Å². The van der Waals surface area contributed by atoms with E-state index in [0.29, 0.717) is 13.2 Å². The highest BCUT2D eigenvalue weighted by molar-refractivity contribution is 5.17. The van der Waals surface area contributed by atoms with Crippen LogP contribution >= 0.6 is 0 Å². The molecule has 1 aromatic rings. The molecular formula is C15H23NO3. The molecule has 1 heterocycles. The standard InChI is InChI=1S/C15H23NO3/c1-12(15(18)13-5-3-2-4-6-13)9-16-7-8-19-11-14(16)10-17/h2-6,12,14-15,17-18H,7-11H2,1H3. The van der Waals surface area contributed by atoms with E-state index < -0.39 is 6.10 Å². The zero-order valence-corrected chi connectivity index (χ0v) is 11.4. The van der Waals surface area contributed by atoms with Gasteiger partial charge in [-0.2, -0.15) is 0 Å². The second kappa shape index (κ2) is 7.01. The van der Waals surface area contributed by atoms with Crippen molar-refractivity contribution in [3.05, 3.63) is 35.9 Å². The largest absolute Gasteiger partial charge is 0.395 e. The zero-order valence-electron chi connectivity index (χ0n) is 11.4. The molecule has 106 valence electrons. The normalized spacial score (nSPS) is 24.1. The molecule has 1 aromatic carbocycles. The maximum absolute atomic E-state index is 10.4. The molecule has 1 aliphatic rings. The summed E-state index contributed by atoms with van der Waals surface area (Å²) in [6, 6.07) is 9.78. The number of rotatable bonds is 5. The number of nitrogens with zero attached hydrogens (tertiary/aromatic N) is 1. The van der Waals surface area contributed by atoms with Gasteiger partial charge in [0.15, 0.2) is 0 Å². The summed E-state index contributed by atoms with van der Waals surface area (Å²) in [4.78, 5) is 2.21. The van der Waals surface area contributed by atoms with E-state index in [1.54, 1.807) is 0 Å². The van der Waals surface area contributed by atoms with Gasteiger partial charge in [-0.25, -0.2) is 0 Å². The third kappa shape index (κ3) is 3.76. The molecule has 3 unspecified atom stereocenters. The van der Waals surface area contributed by atoms with Gasteiger partial charge in [0, 0.05) is 13.1 Å². The van der Waals surface area contributed by atoms with Gasteiger partial charge in [0.2, 0.25) is 0 Å². The Bertz CT molecular complexity index is 371. The summed E-state index contributed by atoms with van der Waals surface area (Å²) in [6.07, 6.45) is -0.469. The van der Waals surface area contributed by atoms with E-state index in [2.05, 4.69) is 4.90 Å². The van der Waals surface area contributed by atoms with E-state index in [9.17, 15) is 10.2 Å². The quantitative estimate of drug-likeness (QED) is 0.835. The smallest absolute Gasteiger partial charge is 0.0827 e. The van der Waals surface area contributed by atoms with Crippen molar-refractivity contribution < 1.29 is 14.9 Å². The molecule has 19 heavy (non-hydrogen) atoms. The van der Waals surface area contributed by atoms with Crippen LogP contribution in [0.4, 0.5) is 0 Å². The van der Waals surface area contributed by atoms with E-state index in [1.165, 1.54) is 0 Å². The first-order chi connectivity index (χ1) is 9.22. The lowest BCUT2D eigenvalue weighted by Gasteiger charge is -2.37. The van der Waals surface area contributed by atoms with E-state index in [1.807, 2.05) is 37.3 Å². The van der Waals surface area contributed by atoms with Crippen LogP contribution < -0.4 is 0 Å². The lowest BCUT2D eigenvalue weighted by molar-refractivity contribution is -0.0416. The number of hydrogen-bond donors (Lipinski definition) is 2. The minimum Gasteiger partial charge on any atom is -0.395 e. The number of morpholine rings is 1. The van der Waals surface area contributed by atoms with E-state index in [-0.39, 0.29) is 18.6 Å². The maximum Gasteiger partial charge on any atom is 0.0827 e. The van der Waals surface area contributed by atoms with Crippen LogP contribution in [0.2, 0.25) is 0 Å². The molecule has 1 saturated heterocycles. The molecule has 2 N–H and O–H groups in total. The van der Waals surface area contributed by atoms with E-state index in [4.69, 9.17) is 4.74 Å². The Kier molecular flexibility index (Phi) is 5.34. The predicted molar refractivity (Wildman–Crippen MR) is 73.8 cm³/mol. The molecule has 0 saturated carbocycles. The van der Waals surface area contributed by atoms with Gasteiger partial charge in [-0.1, -0.05) is 37.3 Å². The van der Waals surface area contributed by atoms with Gasteiger partial charge >= 0.3 is 0 Å². The Balaban J connectivity index is 1.94. The van der Waals surface area contributed by atoms with Crippen LogP contribution in [0.3, 0.4) is 0 Å². The monoisotopic (exact) mass is 265 g/mol. The molecule has 0 aromatic heterocycles. The first-order valence-electron chi connectivity index (χ1n) is 6.88. The Labute approximate surface area is 114 Å². The zero-order chi connectivity index (χ0) is 13.7. The highest BCUT2D eigenvalue weighted by Gasteiger charge is 2.26.